The van der Waals surface area contributed by atoms with Gasteiger partial charge in [0.25, 0.3) is 0 Å². The van der Waals surface area contributed by atoms with Crippen LogP contribution in [0.1, 0.15) is 44.1 Å². The van der Waals surface area contributed by atoms with E-state index in [1.54, 1.807) is 11.3 Å². The van der Waals surface area contributed by atoms with Crippen LogP contribution >= 0.6 is 11.3 Å². The van der Waals surface area contributed by atoms with Crippen molar-refractivity contribution in [2.75, 3.05) is 12.8 Å². The van der Waals surface area contributed by atoms with Gasteiger partial charge in [0.1, 0.15) is 0 Å². The van der Waals surface area contributed by atoms with Gasteiger partial charge in [-0.25, -0.2) is 8.42 Å². The summed E-state index contributed by atoms with van der Waals surface area (Å²) in [5.74, 6) is 0.438. The van der Waals surface area contributed by atoms with Crippen molar-refractivity contribution < 1.29 is 8.42 Å². The van der Waals surface area contributed by atoms with Gasteiger partial charge in [0.15, 0.2) is 9.84 Å². The van der Waals surface area contributed by atoms with Gasteiger partial charge >= 0.3 is 0 Å². The second kappa shape index (κ2) is 6.37. The zero-order valence-corrected chi connectivity index (χ0v) is 13.3. The monoisotopic (exact) mass is 301 g/mol. The summed E-state index contributed by atoms with van der Waals surface area (Å²) in [6.45, 7) is 3.04. The lowest BCUT2D eigenvalue weighted by molar-refractivity contribution is 0.366. The Hall–Kier alpha value is -0.390. The first-order valence-electron chi connectivity index (χ1n) is 6.93. The van der Waals surface area contributed by atoms with Crippen molar-refractivity contribution in [1.82, 2.24) is 5.32 Å². The molecule has 5 heteroatoms. The molecule has 1 N–H and O–H groups in total. The molecule has 1 fully saturated rings. The average molecular weight is 301 g/mol. The van der Waals surface area contributed by atoms with Gasteiger partial charge in [0, 0.05) is 18.8 Å². The maximum Gasteiger partial charge on any atom is 0.151 e. The van der Waals surface area contributed by atoms with Crippen molar-refractivity contribution in [3.8, 4) is 0 Å². The highest BCUT2D eigenvalue weighted by molar-refractivity contribution is 7.91. The first-order chi connectivity index (χ1) is 8.98. The van der Waals surface area contributed by atoms with E-state index in [1.807, 2.05) is 0 Å². The Morgan fingerprint density at radius 3 is 2.79 bits per heavy atom. The van der Waals surface area contributed by atoms with Gasteiger partial charge in [0.05, 0.1) is 5.25 Å². The molecule has 1 heterocycles. The lowest BCUT2D eigenvalue weighted by Crippen LogP contribution is -2.46. The smallest absolute Gasteiger partial charge is 0.151 e. The first-order valence-corrected chi connectivity index (χ1v) is 9.82. The highest BCUT2D eigenvalue weighted by Gasteiger charge is 2.32. The van der Waals surface area contributed by atoms with Gasteiger partial charge in [-0.3, -0.25) is 0 Å². The number of nitrogens with one attached hydrogen (secondary N) is 1. The van der Waals surface area contributed by atoms with Crippen molar-refractivity contribution >= 4 is 21.2 Å². The van der Waals surface area contributed by atoms with Gasteiger partial charge in [0.2, 0.25) is 0 Å². The zero-order chi connectivity index (χ0) is 13.9. The summed E-state index contributed by atoms with van der Waals surface area (Å²) in [6, 6.07) is 2.27. The molecular formula is C14H23NO2S2. The number of sulfone groups is 1. The zero-order valence-electron chi connectivity index (χ0n) is 11.6. The van der Waals surface area contributed by atoms with E-state index in [2.05, 4.69) is 29.1 Å². The molecule has 0 unspecified atom stereocenters. The van der Waals surface area contributed by atoms with Gasteiger partial charge in [-0.15, -0.1) is 0 Å². The second-order valence-electron chi connectivity index (χ2n) is 5.62. The van der Waals surface area contributed by atoms with Crippen LogP contribution < -0.4 is 5.32 Å². The van der Waals surface area contributed by atoms with Crippen LogP contribution in [0, 0.1) is 0 Å². The predicted molar refractivity (Wildman–Crippen MR) is 81.6 cm³/mol. The Balaban J connectivity index is 1.93. The summed E-state index contributed by atoms with van der Waals surface area (Å²) < 4.78 is 23.7. The van der Waals surface area contributed by atoms with E-state index >= 15 is 0 Å². The molecule has 0 spiro atoms. The summed E-state index contributed by atoms with van der Waals surface area (Å²) >= 11 is 1.71. The fraction of sp³-hybridized carbons (Fsp3) is 0.714. The van der Waals surface area contributed by atoms with Crippen molar-refractivity contribution in [3.05, 3.63) is 22.4 Å². The molecule has 1 aromatic rings. The van der Waals surface area contributed by atoms with E-state index in [4.69, 9.17) is 0 Å². The Morgan fingerprint density at radius 1 is 1.42 bits per heavy atom. The molecule has 1 aliphatic rings. The van der Waals surface area contributed by atoms with Crippen molar-refractivity contribution in [3.63, 3.8) is 0 Å². The van der Waals surface area contributed by atoms with E-state index in [0.29, 0.717) is 5.92 Å². The van der Waals surface area contributed by atoms with Crippen LogP contribution in [-0.2, 0) is 9.84 Å². The molecule has 0 aromatic carbocycles. The van der Waals surface area contributed by atoms with Crippen molar-refractivity contribution in [2.45, 2.75) is 49.8 Å². The van der Waals surface area contributed by atoms with Gasteiger partial charge in [-0.1, -0.05) is 19.8 Å². The van der Waals surface area contributed by atoms with E-state index in [0.717, 1.165) is 32.2 Å². The highest BCUT2D eigenvalue weighted by atomic mass is 32.2. The van der Waals surface area contributed by atoms with Crippen LogP contribution in [0.2, 0.25) is 0 Å². The molecule has 0 aliphatic heterocycles. The molecule has 2 rings (SSSR count). The third kappa shape index (κ3) is 4.04. The molecule has 3 atom stereocenters. The van der Waals surface area contributed by atoms with Gasteiger partial charge in [-0.05, 0) is 41.1 Å². The van der Waals surface area contributed by atoms with Gasteiger partial charge in [-0.2, -0.15) is 11.3 Å². The van der Waals surface area contributed by atoms with E-state index in [1.165, 1.54) is 11.8 Å². The minimum atomic E-state index is -2.94. The van der Waals surface area contributed by atoms with E-state index in [9.17, 15) is 8.42 Å². The molecule has 1 aliphatic carbocycles. The largest absolute Gasteiger partial charge is 0.312 e. The molecular weight excluding hydrogens is 278 g/mol. The molecule has 108 valence electrons. The number of thiophene rings is 1. The van der Waals surface area contributed by atoms with Crippen molar-refractivity contribution in [2.24, 2.45) is 0 Å². The molecule has 0 saturated heterocycles. The summed E-state index contributed by atoms with van der Waals surface area (Å²) in [7, 11) is -2.94. The van der Waals surface area contributed by atoms with Gasteiger partial charge < -0.3 is 5.32 Å². The van der Waals surface area contributed by atoms with E-state index < -0.39 is 9.84 Å². The lowest BCUT2D eigenvalue weighted by atomic mass is 9.94. The number of rotatable bonds is 5. The van der Waals surface area contributed by atoms with Crippen LogP contribution in [0.5, 0.6) is 0 Å². The van der Waals surface area contributed by atoms with Crippen LogP contribution in [0.3, 0.4) is 0 Å². The highest BCUT2D eigenvalue weighted by Crippen LogP contribution is 2.25. The van der Waals surface area contributed by atoms with E-state index in [-0.39, 0.29) is 11.3 Å². The maximum absolute atomic E-state index is 11.8. The number of hydrogen-bond donors (Lipinski definition) is 1. The minimum absolute atomic E-state index is 0.129. The summed E-state index contributed by atoms with van der Waals surface area (Å²) in [5, 5.41) is 7.55. The van der Waals surface area contributed by atoms with Crippen LogP contribution in [-0.4, -0.2) is 32.5 Å². The third-order valence-corrected chi connectivity index (χ3v) is 6.42. The Bertz CT molecular complexity index is 482. The fourth-order valence-corrected chi connectivity index (χ4v) is 5.05. The average Bonchev–Trinajstić information content (AvgIpc) is 2.89. The lowest BCUT2D eigenvalue weighted by Gasteiger charge is -2.31. The topological polar surface area (TPSA) is 46.2 Å². The van der Waals surface area contributed by atoms with Crippen molar-refractivity contribution in [1.29, 1.82) is 0 Å². The van der Waals surface area contributed by atoms with Crippen LogP contribution in [0.25, 0.3) is 0 Å². The molecule has 0 radical (unpaired) electrons. The SMILES string of the molecule is C[C@H](CN[C@H]1CCCC[C@H]1S(C)(=O)=O)c1ccsc1. The molecule has 0 bridgehead atoms. The summed E-state index contributed by atoms with van der Waals surface area (Å²) in [6.07, 6.45) is 5.34. The number of hydrogen-bond acceptors (Lipinski definition) is 4. The molecule has 1 aromatic heterocycles. The third-order valence-electron chi connectivity index (χ3n) is 4.05. The molecule has 1 saturated carbocycles. The normalized spacial score (nSPS) is 26.2. The Kier molecular flexibility index (Phi) is 5.03. The predicted octanol–water partition coefficient (Wildman–Crippen LogP) is 2.80. The van der Waals surface area contributed by atoms with Crippen LogP contribution in [0.15, 0.2) is 16.8 Å². The van der Waals surface area contributed by atoms with Crippen LogP contribution in [0.4, 0.5) is 0 Å². The molecule has 0 amide bonds. The Labute approximate surface area is 120 Å². The molecule has 19 heavy (non-hydrogen) atoms. The molecule has 3 nitrogen and oxygen atoms in total. The standard InChI is InChI=1S/C14H23NO2S2/c1-11(12-7-8-18-10-12)9-15-13-5-3-4-6-14(13)19(2,16)17/h7-8,10-11,13-15H,3-6,9H2,1-2H3/t11-,13+,14-/m1/s1. The second-order valence-corrected chi connectivity index (χ2v) is 8.67. The minimum Gasteiger partial charge on any atom is -0.312 e. The summed E-state index contributed by atoms with van der Waals surface area (Å²) in [5.41, 5.74) is 1.34. The Morgan fingerprint density at radius 2 is 2.16 bits per heavy atom. The summed E-state index contributed by atoms with van der Waals surface area (Å²) in [4.78, 5) is 0. The maximum atomic E-state index is 11.8. The first kappa shape index (κ1) is 15.0. The quantitative estimate of drug-likeness (QED) is 0.909. The fourth-order valence-electron chi connectivity index (χ4n) is 2.84.